The Morgan fingerprint density at radius 3 is 2.60 bits per heavy atom. The van der Waals surface area contributed by atoms with Gasteiger partial charge in [-0.2, -0.15) is 0 Å². The van der Waals surface area contributed by atoms with Crippen LogP contribution in [0.2, 0.25) is 0 Å². The fourth-order valence-corrected chi connectivity index (χ4v) is 3.53. The molecule has 0 aromatic carbocycles. The number of halogens is 1. The number of nitrogens with zero attached hydrogens (tertiary/aromatic N) is 1. The van der Waals surface area contributed by atoms with Gasteiger partial charge in [-0.1, -0.05) is 40.0 Å². The number of alkyl halides is 1. The molecule has 0 aromatic rings. The van der Waals surface area contributed by atoms with E-state index in [9.17, 15) is 9.50 Å². The van der Waals surface area contributed by atoms with Gasteiger partial charge in [0.1, 0.15) is 0 Å². The lowest BCUT2D eigenvalue weighted by atomic mass is 9.79. The van der Waals surface area contributed by atoms with Crippen LogP contribution in [0, 0.1) is 11.3 Å². The van der Waals surface area contributed by atoms with E-state index in [0.717, 1.165) is 51.6 Å². The molecular weight excluding hydrogens is 253 g/mol. The molecule has 0 aromatic heterocycles. The Kier molecular flexibility index (Phi) is 8.04. The van der Waals surface area contributed by atoms with Crippen LogP contribution in [0.25, 0.3) is 0 Å². The number of hydrogen-bond donors (Lipinski definition) is 1. The molecule has 0 spiro atoms. The second-order valence-electron chi connectivity index (χ2n) is 7.01. The Morgan fingerprint density at radius 2 is 2.00 bits per heavy atom. The highest BCUT2D eigenvalue weighted by atomic mass is 19.1. The van der Waals surface area contributed by atoms with Crippen LogP contribution in [0.5, 0.6) is 0 Å². The summed E-state index contributed by atoms with van der Waals surface area (Å²) >= 11 is 0. The van der Waals surface area contributed by atoms with Crippen molar-refractivity contribution in [2.45, 2.75) is 71.8 Å². The molecule has 20 heavy (non-hydrogen) atoms. The minimum absolute atomic E-state index is 0.0981. The molecule has 1 heterocycles. The van der Waals surface area contributed by atoms with Gasteiger partial charge >= 0.3 is 0 Å². The van der Waals surface area contributed by atoms with E-state index in [0.29, 0.717) is 12.0 Å². The lowest BCUT2D eigenvalue weighted by Gasteiger charge is -2.38. The maximum atomic E-state index is 13.3. The summed E-state index contributed by atoms with van der Waals surface area (Å²) in [6.45, 7) is 8.57. The second-order valence-corrected chi connectivity index (χ2v) is 7.01. The first kappa shape index (κ1) is 17.9. The summed E-state index contributed by atoms with van der Waals surface area (Å²) in [6.07, 6.45) is 7.67. The molecule has 0 aliphatic carbocycles. The van der Waals surface area contributed by atoms with Crippen LogP contribution in [-0.2, 0) is 0 Å². The maximum Gasteiger partial charge on any atom is 0.0947 e. The Hall–Kier alpha value is -0.150. The van der Waals surface area contributed by atoms with Gasteiger partial charge in [0.15, 0.2) is 0 Å². The van der Waals surface area contributed by atoms with Crippen LogP contribution < -0.4 is 0 Å². The highest BCUT2D eigenvalue weighted by molar-refractivity contribution is 4.81. The minimum atomic E-state index is -0.179. The van der Waals surface area contributed by atoms with E-state index in [1.165, 1.54) is 6.42 Å². The van der Waals surface area contributed by atoms with Crippen LogP contribution in [-0.4, -0.2) is 42.4 Å². The fourth-order valence-electron chi connectivity index (χ4n) is 3.53. The average molecular weight is 287 g/mol. The molecule has 1 aliphatic rings. The van der Waals surface area contributed by atoms with Crippen molar-refractivity contribution in [1.82, 2.24) is 4.90 Å². The molecule has 0 amide bonds. The fraction of sp³-hybridized carbons (Fsp3) is 1.00. The van der Waals surface area contributed by atoms with E-state index in [-0.39, 0.29) is 18.7 Å². The zero-order valence-electron chi connectivity index (χ0n) is 13.7. The minimum Gasteiger partial charge on any atom is -0.395 e. The molecule has 1 fully saturated rings. The van der Waals surface area contributed by atoms with Gasteiger partial charge in [-0.05, 0) is 43.6 Å². The zero-order valence-corrected chi connectivity index (χ0v) is 13.7. The van der Waals surface area contributed by atoms with Gasteiger partial charge in [0.25, 0.3) is 0 Å². The van der Waals surface area contributed by atoms with E-state index < -0.39 is 0 Å². The maximum absolute atomic E-state index is 13.3. The molecule has 120 valence electrons. The van der Waals surface area contributed by atoms with E-state index in [2.05, 4.69) is 25.7 Å². The van der Waals surface area contributed by atoms with E-state index in [1.807, 2.05) is 0 Å². The summed E-state index contributed by atoms with van der Waals surface area (Å²) in [5.41, 5.74) is -0.0981. The van der Waals surface area contributed by atoms with Crippen LogP contribution in [0.15, 0.2) is 0 Å². The Bertz CT molecular complexity index is 261. The molecule has 0 saturated carbocycles. The number of aliphatic hydroxyl groups excluding tert-OH is 1. The van der Waals surface area contributed by atoms with Crippen molar-refractivity contribution >= 4 is 0 Å². The summed E-state index contributed by atoms with van der Waals surface area (Å²) in [4.78, 5) is 2.48. The third-order valence-corrected chi connectivity index (χ3v) is 5.24. The number of aliphatic hydroxyl groups is 1. The van der Waals surface area contributed by atoms with Crippen molar-refractivity contribution in [3.63, 3.8) is 0 Å². The molecule has 1 N–H and O–H groups in total. The average Bonchev–Trinajstić information content (AvgIpc) is 2.46. The molecule has 0 radical (unpaired) electrons. The van der Waals surface area contributed by atoms with Crippen LogP contribution in [0.3, 0.4) is 0 Å². The topological polar surface area (TPSA) is 23.5 Å². The summed E-state index contributed by atoms with van der Waals surface area (Å²) in [6, 6.07) is 0.550. The lowest BCUT2D eigenvalue weighted by molar-refractivity contribution is 0.0885. The molecule has 3 atom stereocenters. The molecule has 2 nitrogen and oxygen atoms in total. The van der Waals surface area contributed by atoms with Gasteiger partial charge in [-0.25, -0.2) is 0 Å². The Balaban J connectivity index is 2.71. The van der Waals surface area contributed by atoms with E-state index in [1.54, 1.807) is 0 Å². The predicted octanol–water partition coefficient (Wildman–Crippen LogP) is 4.03. The molecule has 1 aliphatic heterocycles. The molecule has 0 bridgehead atoms. The highest BCUT2D eigenvalue weighted by Gasteiger charge is 2.28. The Morgan fingerprint density at radius 1 is 1.30 bits per heavy atom. The Labute approximate surface area is 124 Å². The normalized spacial score (nSPS) is 31.9. The first-order valence-electron chi connectivity index (χ1n) is 8.47. The van der Waals surface area contributed by atoms with Crippen LogP contribution in [0.1, 0.15) is 65.7 Å². The van der Waals surface area contributed by atoms with Gasteiger partial charge in [-0.15, -0.1) is 0 Å². The monoisotopic (exact) mass is 287 g/mol. The molecule has 1 saturated heterocycles. The zero-order chi connectivity index (χ0) is 15.0. The summed E-state index contributed by atoms with van der Waals surface area (Å²) < 4.78 is 13.3. The SMILES string of the molecule is CCC(C)C1CCCC(C)(CF)CCCCN1CCO. The van der Waals surface area contributed by atoms with Crippen molar-refractivity contribution < 1.29 is 9.50 Å². The highest BCUT2D eigenvalue weighted by Crippen LogP contribution is 2.33. The van der Waals surface area contributed by atoms with Crippen LogP contribution in [0.4, 0.5) is 4.39 Å². The summed E-state index contributed by atoms with van der Waals surface area (Å²) in [7, 11) is 0. The first-order chi connectivity index (χ1) is 9.56. The number of rotatable bonds is 5. The number of β-amino-alcohol motifs (C(OH)–C–C–N with tert-alkyl or cyclic N) is 1. The van der Waals surface area contributed by atoms with Gasteiger partial charge in [0.2, 0.25) is 0 Å². The van der Waals surface area contributed by atoms with Crippen molar-refractivity contribution in [2.75, 3.05) is 26.4 Å². The van der Waals surface area contributed by atoms with Crippen molar-refractivity contribution in [3.8, 4) is 0 Å². The van der Waals surface area contributed by atoms with Gasteiger partial charge < -0.3 is 5.11 Å². The van der Waals surface area contributed by atoms with Crippen molar-refractivity contribution in [1.29, 1.82) is 0 Å². The quantitative estimate of drug-likeness (QED) is 0.825. The third-order valence-electron chi connectivity index (χ3n) is 5.24. The van der Waals surface area contributed by atoms with E-state index >= 15 is 0 Å². The van der Waals surface area contributed by atoms with E-state index in [4.69, 9.17) is 0 Å². The summed E-state index contributed by atoms with van der Waals surface area (Å²) in [5, 5.41) is 9.31. The number of hydrogen-bond acceptors (Lipinski definition) is 2. The first-order valence-corrected chi connectivity index (χ1v) is 8.47. The molecule has 1 rings (SSSR count). The van der Waals surface area contributed by atoms with Gasteiger partial charge in [-0.3, -0.25) is 9.29 Å². The third kappa shape index (κ3) is 5.33. The smallest absolute Gasteiger partial charge is 0.0947 e. The molecule has 3 heteroatoms. The van der Waals surface area contributed by atoms with Crippen LogP contribution >= 0.6 is 0 Å². The van der Waals surface area contributed by atoms with Crippen molar-refractivity contribution in [2.24, 2.45) is 11.3 Å². The second kappa shape index (κ2) is 8.99. The molecular formula is C17H34FNO. The summed E-state index contributed by atoms with van der Waals surface area (Å²) in [5.74, 6) is 0.651. The van der Waals surface area contributed by atoms with Crippen molar-refractivity contribution in [3.05, 3.63) is 0 Å². The van der Waals surface area contributed by atoms with Gasteiger partial charge in [0.05, 0.1) is 13.3 Å². The predicted molar refractivity (Wildman–Crippen MR) is 83.7 cm³/mol. The standard InChI is InChI=1S/C17H34FNO/c1-4-15(2)16-8-7-10-17(3,14-18)9-5-6-11-19(16)12-13-20/h15-16,20H,4-14H2,1-3H3. The lowest BCUT2D eigenvalue weighted by Crippen LogP contribution is -2.42. The largest absolute Gasteiger partial charge is 0.395 e. The van der Waals surface area contributed by atoms with Gasteiger partial charge in [0, 0.05) is 12.6 Å². The molecule has 3 unspecified atom stereocenters.